The van der Waals surface area contributed by atoms with Gasteiger partial charge in [0.05, 0.1) is 16.2 Å². The van der Waals surface area contributed by atoms with Gasteiger partial charge in [-0.2, -0.15) is 10.2 Å². The van der Waals surface area contributed by atoms with Crippen LogP contribution in [0, 0.1) is 0 Å². The number of sulfonamides is 1. The molecule has 2 aromatic heterocycles. The molecule has 0 atom stereocenters. The molecule has 8 nitrogen and oxygen atoms in total. The van der Waals surface area contributed by atoms with Gasteiger partial charge in [-0.15, -0.1) is 0 Å². The Morgan fingerprint density at radius 3 is 2.74 bits per heavy atom. The van der Waals surface area contributed by atoms with Crippen LogP contribution in [0.5, 0.6) is 5.88 Å². The summed E-state index contributed by atoms with van der Waals surface area (Å²) in [4.78, 5) is 7.93. The van der Waals surface area contributed by atoms with Gasteiger partial charge in [0.2, 0.25) is 5.82 Å². The molecule has 0 fully saturated rings. The summed E-state index contributed by atoms with van der Waals surface area (Å²) in [5.74, 6) is -0.158. The lowest BCUT2D eigenvalue weighted by Crippen LogP contribution is -2.16. The molecule has 0 aliphatic rings. The molecular formula is C15H10BrCl2N5O3S. The number of nitrogens with zero attached hydrogens (tertiary/aromatic N) is 4. The fourth-order valence-electron chi connectivity index (χ4n) is 1.95. The van der Waals surface area contributed by atoms with Crippen molar-refractivity contribution in [1.82, 2.24) is 20.2 Å². The maximum absolute atomic E-state index is 12.7. The number of benzene rings is 1. The van der Waals surface area contributed by atoms with Gasteiger partial charge in [0, 0.05) is 6.20 Å². The van der Waals surface area contributed by atoms with Crippen LogP contribution in [0.3, 0.4) is 0 Å². The predicted molar refractivity (Wildman–Crippen MR) is 103 cm³/mol. The van der Waals surface area contributed by atoms with E-state index in [4.69, 9.17) is 27.9 Å². The maximum Gasteiger partial charge on any atom is 0.264 e. The van der Waals surface area contributed by atoms with Crippen LogP contribution >= 0.6 is 39.1 Å². The second-order valence-electron chi connectivity index (χ2n) is 5.01. The van der Waals surface area contributed by atoms with Crippen molar-refractivity contribution in [3.8, 4) is 5.88 Å². The van der Waals surface area contributed by atoms with Crippen molar-refractivity contribution in [1.29, 1.82) is 0 Å². The first kappa shape index (κ1) is 19.7. The molecule has 140 valence electrons. The van der Waals surface area contributed by atoms with Gasteiger partial charge in [-0.05, 0) is 40.2 Å². The van der Waals surface area contributed by atoms with E-state index in [0.717, 1.165) is 0 Å². The molecule has 1 N–H and O–H groups in total. The average molecular weight is 491 g/mol. The summed E-state index contributed by atoms with van der Waals surface area (Å²) < 4.78 is 33.6. The van der Waals surface area contributed by atoms with Gasteiger partial charge in [-0.25, -0.2) is 18.4 Å². The summed E-state index contributed by atoms with van der Waals surface area (Å²) in [5, 5.41) is 7.64. The van der Waals surface area contributed by atoms with Crippen LogP contribution in [-0.2, 0) is 16.6 Å². The number of aromatic nitrogens is 4. The van der Waals surface area contributed by atoms with Gasteiger partial charge in [0.25, 0.3) is 15.9 Å². The molecule has 0 aliphatic heterocycles. The van der Waals surface area contributed by atoms with Crippen LogP contribution in [0.1, 0.15) is 5.69 Å². The largest absolute Gasteiger partial charge is 0.468 e. The van der Waals surface area contributed by atoms with Crippen LogP contribution < -0.4 is 9.46 Å². The number of nitrogens with one attached hydrogen (secondary N) is 1. The molecule has 0 spiro atoms. The first-order valence-corrected chi connectivity index (χ1v) is 10.3. The van der Waals surface area contributed by atoms with Gasteiger partial charge in [-0.3, -0.25) is 4.72 Å². The van der Waals surface area contributed by atoms with Crippen molar-refractivity contribution in [2.45, 2.75) is 11.5 Å². The number of rotatable bonds is 6. The third kappa shape index (κ3) is 4.83. The van der Waals surface area contributed by atoms with Gasteiger partial charge >= 0.3 is 0 Å². The average Bonchev–Trinajstić information content (AvgIpc) is 2.64. The zero-order valence-corrected chi connectivity index (χ0v) is 17.2. The van der Waals surface area contributed by atoms with Gasteiger partial charge in [0.1, 0.15) is 21.8 Å². The highest BCUT2D eigenvalue weighted by Crippen LogP contribution is 2.31. The maximum atomic E-state index is 12.7. The summed E-state index contributed by atoms with van der Waals surface area (Å²) in [6, 6.07) is 7.68. The summed E-state index contributed by atoms with van der Waals surface area (Å²) in [7, 11) is -4.08. The minimum atomic E-state index is -4.08. The molecule has 3 aromatic rings. The first-order chi connectivity index (χ1) is 12.9. The second kappa shape index (κ2) is 8.34. The van der Waals surface area contributed by atoms with E-state index in [0.29, 0.717) is 10.3 Å². The van der Waals surface area contributed by atoms with E-state index in [1.54, 1.807) is 12.1 Å². The molecule has 2 heterocycles. The molecule has 0 amide bonds. The predicted octanol–water partition coefficient (Wildman–Crippen LogP) is 3.72. The molecule has 12 heteroatoms. The number of hydrogen-bond donors (Lipinski definition) is 1. The second-order valence-corrected chi connectivity index (χ2v) is 8.26. The lowest BCUT2D eigenvalue weighted by Gasteiger charge is -2.13. The van der Waals surface area contributed by atoms with Crippen molar-refractivity contribution in [3.05, 3.63) is 63.1 Å². The Morgan fingerprint density at radius 2 is 2.00 bits per heavy atom. The summed E-state index contributed by atoms with van der Waals surface area (Å²) in [6.45, 7) is 0.0195. The smallest absolute Gasteiger partial charge is 0.264 e. The normalized spacial score (nSPS) is 11.2. The van der Waals surface area contributed by atoms with Crippen LogP contribution in [0.2, 0.25) is 10.0 Å². The Kier molecular flexibility index (Phi) is 6.10. The molecular weight excluding hydrogens is 481 g/mol. The van der Waals surface area contributed by atoms with Crippen molar-refractivity contribution < 1.29 is 13.2 Å². The highest BCUT2D eigenvalue weighted by atomic mass is 79.9. The monoisotopic (exact) mass is 489 g/mol. The molecule has 0 aliphatic carbocycles. The van der Waals surface area contributed by atoms with Crippen molar-refractivity contribution >= 4 is 55.0 Å². The Balaban J connectivity index is 1.89. The summed E-state index contributed by atoms with van der Waals surface area (Å²) in [6.07, 6.45) is 2.85. The van der Waals surface area contributed by atoms with E-state index in [-0.39, 0.29) is 33.2 Å². The van der Waals surface area contributed by atoms with Crippen LogP contribution in [0.25, 0.3) is 0 Å². The third-order valence-corrected chi connectivity index (χ3v) is 5.83. The molecule has 27 heavy (non-hydrogen) atoms. The van der Waals surface area contributed by atoms with Gasteiger partial charge in [-0.1, -0.05) is 29.3 Å². The fraction of sp³-hybridized carbons (Fsp3) is 0.0667. The van der Waals surface area contributed by atoms with Gasteiger partial charge in [0.15, 0.2) is 0 Å². The number of anilines is 1. The van der Waals surface area contributed by atoms with Crippen molar-refractivity contribution in [3.63, 3.8) is 0 Å². The minimum Gasteiger partial charge on any atom is -0.468 e. The quantitative estimate of drug-likeness (QED) is 0.561. The zero-order valence-electron chi connectivity index (χ0n) is 13.3. The standard InChI is InChI=1S/C15H10BrCl2N5O3S/c16-12-7-19-14(15(21-12)26-8-9-3-2-6-20-22-9)23-27(24,25)11-5-1-4-10(17)13(11)18/h1-7H,8H2,(H,19,23). The minimum absolute atomic E-state index is 0.0195. The highest BCUT2D eigenvalue weighted by molar-refractivity contribution is 9.10. The van der Waals surface area contributed by atoms with E-state index in [2.05, 4.69) is 40.8 Å². The molecule has 0 unspecified atom stereocenters. The Bertz CT molecular complexity index is 1070. The van der Waals surface area contributed by atoms with E-state index < -0.39 is 10.0 Å². The van der Waals surface area contributed by atoms with Crippen LogP contribution in [0.15, 0.2) is 52.2 Å². The number of hydrogen-bond acceptors (Lipinski definition) is 7. The topological polar surface area (TPSA) is 107 Å². The van der Waals surface area contributed by atoms with E-state index in [1.165, 1.54) is 30.6 Å². The molecule has 0 saturated heterocycles. The highest BCUT2D eigenvalue weighted by Gasteiger charge is 2.23. The molecule has 1 aromatic carbocycles. The van der Waals surface area contributed by atoms with Crippen molar-refractivity contribution in [2.24, 2.45) is 0 Å². The van der Waals surface area contributed by atoms with Crippen molar-refractivity contribution in [2.75, 3.05) is 4.72 Å². The molecule has 0 radical (unpaired) electrons. The van der Waals surface area contributed by atoms with Gasteiger partial charge < -0.3 is 4.74 Å². The zero-order chi connectivity index (χ0) is 19.4. The molecule has 0 saturated carbocycles. The fourth-order valence-corrected chi connectivity index (χ4v) is 3.98. The lowest BCUT2D eigenvalue weighted by molar-refractivity contribution is 0.288. The van der Waals surface area contributed by atoms with Crippen LogP contribution in [0.4, 0.5) is 5.82 Å². The first-order valence-electron chi connectivity index (χ1n) is 7.25. The lowest BCUT2D eigenvalue weighted by atomic mass is 10.4. The third-order valence-electron chi connectivity index (χ3n) is 3.13. The van der Waals surface area contributed by atoms with E-state index in [1.807, 2.05) is 0 Å². The Labute approximate surface area is 173 Å². The summed E-state index contributed by atoms with van der Waals surface area (Å²) >= 11 is 15.1. The van der Waals surface area contributed by atoms with Crippen LogP contribution in [-0.4, -0.2) is 28.6 Å². The summed E-state index contributed by atoms with van der Waals surface area (Å²) in [5.41, 5.74) is 0.533. The Morgan fingerprint density at radius 1 is 1.19 bits per heavy atom. The molecule has 3 rings (SSSR count). The molecule has 0 bridgehead atoms. The number of halogens is 3. The Hall–Kier alpha value is -2.01. The number of ether oxygens (including phenoxy) is 1. The SMILES string of the molecule is O=S(=O)(Nc1ncc(Br)nc1OCc1cccnn1)c1cccc(Cl)c1Cl. The van der Waals surface area contributed by atoms with E-state index in [9.17, 15) is 8.42 Å². The van der Waals surface area contributed by atoms with E-state index >= 15 is 0 Å².